The fraction of sp³-hybridized carbons (Fsp3) is 0.500. The lowest BCUT2D eigenvalue weighted by atomic mass is 9.83. The zero-order chi connectivity index (χ0) is 17.8. The van der Waals surface area contributed by atoms with E-state index >= 15 is 0 Å². The molecule has 2 amide bonds. The van der Waals surface area contributed by atoms with Gasteiger partial charge in [-0.1, -0.05) is 17.3 Å². The molecule has 0 aliphatic carbocycles. The molecule has 0 atom stereocenters. The number of nitrogens with one attached hydrogen (secondary N) is 1. The Kier molecular flexibility index (Phi) is 3.32. The van der Waals surface area contributed by atoms with Crippen LogP contribution in [0.25, 0.3) is 0 Å². The largest absolute Gasteiger partial charge is 0.444 e. The predicted octanol–water partition coefficient (Wildman–Crippen LogP) is 2.00. The molecule has 25 heavy (non-hydrogen) atoms. The fourth-order valence-electron chi connectivity index (χ4n) is 3.50. The molecule has 3 aliphatic rings. The SMILES string of the molecule is CC(C)(C)OC(=O)N1CC2(C1)NC(=O)c1cc(C3=NOCC3)ccc12. The van der Waals surface area contributed by atoms with Crippen LogP contribution in [0.2, 0.25) is 0 Å². The Balaban J connectivity index is 1.54. The molecule has 0 unspecified atom stereocenters. The Hall–Kier alpha value is -2.57. The highest BCUT2D eigenvalue weighted by Gasteiger charge is 2.53. The van der Waals surface area contributed by atoms with Gasteiger partial charge in [-0.15, -0.1) is 0 Å². The topological polar surface area (TPSA) is 80.2 Å². The summed E-state index contributed by atoms with van der Waals surface area (Å²) in [7, 11) is 0. The number of fused-ring (bicyclic) bond motifs is 2. The minimum absolute atomic E-state index is 0.111. The van der Waals surface area contributed by atoms with Crippen LogP contribution in [-0.4, -0.2) is 47.9 Å². The number of carbonyl (C=O) groups excluding carboxylic acids is 2. The molecule has 1 fully saturated rings. The van der Waals surface area contributed by atoms with E-state index in [-0.39, 0.29) is 12.0 Å². The average molecular weight is 343 g/mol. The van der Waals surface area contributed by atoms with Gasteiger partial charge in [0.25, 0.3) is 5.91 Å². The standard InChI is InChI=1S/C18H21N3O4/c1-17(2,3)25-16(23)21-9-18(10-21)13-5-4-11(14-6-7-24-20-14)8-12(13)15(22)19-18/h4-5,8H,6-7,9-10H2,1-3H3,(H,19,22). The van der Waals surface area contributed by atoms with Crippen LogP contribution in [0.5, 0.6) is 0 Å². The Morgan fingerprint density at radius 1 is 1.36 bits per heavy atom. The lowest BCUT2D eigenvalue weighted by molar-refractivity contribution is -0.0145. The van der Waals surface area contributed by atoms with Crippen LogP contribution in [-0.2, 0) is 15.1 Å². The maximum absolute atomic E-state index is 12.4. The number of hydrogen-bond donors (Lipinski definition) is 1. The van der Waals surface area contributed by atoms with Crippen LogP contribution < -0.4 is 5.32 Å². The smallest absolute Gasteiger partial charge is 0.410 e. The first kappa shape index (κ1) is 15.9. The molecule has 1 aromatic carbocycles. The molecule has 0 radical (unpaired) electrons. The van der Waals surface area contributed by atoms with Crippen LogP contribution in [0.1, 0.15) is 48.7 Å². The quantitative estimate of drug-likeness (QED) is 0.846. The van der Waals surface area contributed by atoms with Gasteiger partial charge in [0.15, 0.2) is 0 Å². The van der Waals surface area contributed by atoms with Crippen LogP contribution in [0.3, 0.4) is 0 Å². The van der Waals surface area contributed by atoms with Gasteiger partial charge in [0, 0.05) is 17.5 Å². The van der Waals surface area contributed by atoms with Gasteiger partial charge in [-0.25, -0.2) is 4.79 Å². The molecule has 1 spiro atoms. The number of ether oxygens (including phenoxy) is 1. The zero-order valence-electron chi connectivity index (χ0n) is 14.6. The third-order valence-electron chi connectivity index (χ3n) is 4.64. The van der Waals surface area contributed by atoms with Crippen LogP contribution in [0.15, 0.2) is 23.4 Å². The van der Waals surface area contributed by atoms with Crippen molar-refractivity contribution in [3.8, 4) is 0 Å². The third-order valence-corrected chi connectivity index (χ3v) is 4.64. The zero-order valence-corrected chi connectivity index (χ0v) is 14.6. The Bertz CT molecular complexity index is 788. The van der Waals surface area contributed by atoms with Gasteiger partial charge in [0.05, 0.1) is 18.8 Å². The van der Waals surface area contributed by atoms with Gasteiger partial charge < -0.3 is 19.8 Å². The number of hydrogen-bond acceptors (Lipinski definition) is 5. The number of amides is 2. The summed E-state index contributed by atoms with van der Waals surface area (Å²) in [6.07, 6.45) is 0.396. The Labute approximate surface area is 146 Å². The molecule has 132 valence electrons. The van der Waals surface area contributed by atoms with Crippen molar-refractivity contribution < 1.29 is 19.2 Å². The van der Waals surface area contributed by atoms with E-state index in [2.05, 4.69) is 10.5 Å². The van der Waals surface area contributed by atoms with Crippen molar-refractivity contribution in [1.29, 1.82) is 0 Å². The third kappa shape index (κ3) is 2.63. The van der Waals surface area contributed by atoms with Crippen molar-refractivity contribution in [3.63, 3.8) is 0 Å². The fourth-order valence-corrected chi connectivity index (χ4v) is 3.50. The van der Waals surface area contributed by atoms with Crippen molar-refractivity contribution in [2.45, 2.75) is 38.3 Å². The van der Waals surface area contributed by atoms with E-state index in [1.165, 1.54) is 0 Å². The number of nitrogens with zero attached hydrogens (tertiary/aromatic N) is 2. The summed E-state index contributed by atoms with van der Waals surface area (Å²) in [6, 6.07) is 5.78. The molecule has 1 aromatic rings. The highest BCUT2D eigenvalue weighted by atomic mass is 16.6. The van der Waals surface area contributed by atoms with Crippen molar-refractivity contribution in [1.82, 2.24) is 10.2 Å². The number of likely N-dealkylation sites (tertiary alicyclic amines) is 1. The van der Waals surface area contributed by atoms with Crippen molar-refractivity contribution in [2.24, 2.45) is 5.16 Å². The van der Waals surface area contributed by atoms with Crippen LogP contribution in [0.4, 0.5) is 4.79 Å². The number of rotatable bonds is 1. The molecule has 0 bridgehead atoms. The van der Waals surface area contributed by atoms with Crippen molar-refractivity contribution in [3.05, 3.63) is 34.9 Å². The minimum Gasteiger partial charge on any atom is -0.444 e. The second-order valence-electron chi connectivity index (χ2n) is 7.75. The van der Waals surface area contributed by atoms with E-state index < -0.39 is 11.1 Å². The Morgan fingerprint density at radius 2 is 2.12 bits per heavy atom. The van der Waals surface area contributed by atoms with Gasteiger partial charge in [-0.3, -0.25) is 4.79 Å². The first-order chi connectivity index (χ1) is 11.8. The van der Waals surface area contributed by atoms with Gasteiger partial charge in [-0.2, -0.15) is 0 Å². The molecule has 1 saturated heterocycles. The summed E-state index contributed by atoms with van der Waals surface area (Å²) >= 11 is 0. The van der Waals surface area contributed by atoms with Crippen molar-refractivity contribution in [2.75, 3.05) is 19.7 Å². The van der Waals surface area contributed by atoms with E-state index in [1.807, 2.05) is 39.0 Å². The van der Waals surface area contributed by atoms with E-state index in [0.29, 0.717) is 25.3 Å². The summed E-state index contributed by atoms with van der Waals surface area (Å²) in [6.45, 7) is 6.93. The summed E-state index contributed by atoms with van der Waals surface area (Å²) < 4.78 is 5.39. The molecule has 3 heterocycles. The maximum atomic E-state index is 12.4. The lowest BCUT2D eigenvalue weighted by Gasteiger charge is -2.48. The monoisotopic (exact) mass is 343 g/mol. The second kappa shape index (κ2) is 5.21. The number of benzene rings is 1. The average Bonchev–Trinajstić information content (AvgIpc) is 3.10. The van der Waals surface area contributed by atoms with Crippen LogP contribution >= 0.6 is 0 Å². The summed E-state index contributed by atoms with van der Waals surface area (Å²) in [4.78, 5) is 31.2. The minimum atomic E-state index is -0.532. The molecular weight excluding hydrogens is 322 g/mol. The number of carbonyl (C=O) groups is 2. The van der Waals surface area contributed by atoms with Gasteiger partial charge in [0.2, 0.25) is 0 Å². The highest BCUT2D eigenvalue weighted by molar-refractivity contribution is 6.06. The van der Waals surface area contributed by atoms with Crippen molar-refractivity contribution >= 4 is 17.7 Å². The molecule has 7 heteroatoms. The van der Waals surface area contributed by atoms with E-state index in [0.717, 1.165) is 23.3 Å². The maximum Gasteiger partial charge on any atom is 0.410 e. The van der Waals surface area contributed by atoms with E-state index in [4.69, 9.17) is 9.57 Å². The molecular formula is C18H21N3O4. The van der Waals surface area contributed by atoms with E-state index in [1.54, 1.807) is 4.90 Å². The highest BCUT2D eigenvalue weighted by Crippen LogP contribution is 2.39. The summed E-state index contributed by atoms with van der Waals surface area (Å²) in [5.41, 5.74) is 2.31. The molecule has 7 nitrogen and oxygen atoms in total. The second-order valence-corrected chi connectivity index (χ2v) is 7.75. The van der Waals surface area contributed by atoms with Gasteiger partial charge in [0.1, 0.15) is 17.7 Å². The number of oxime groups is 1. The molecule has 0 saturated carbocycles. The predicted molar refractivity (Wildman–Crippen MR) is 90.5 cm³/mol. The molecule has 4 rings (SSSR count). The normalized spacial score (nSPS) is 20.5. The van der Waals surface area contributed by atoms with Gasteiger partial charge >= 0.3 is 6.09 Å². The first-order valence-corrected chi connectivity index (χ1v) is 8.42. The Morgan fingerprint density at radius 3 is 2.76 bits per heavy atom. The molecule has 3 aliphatic heterocycles. The van der Waals surface area contributed by atoms with Gasteiger partial charge in [-0.05, 0) is 32.4 Å². The van der Waals surface area contributed by atoms with E-state index in [9.17, 15) is 9.59 Å². The summed E-state index contributed by atoms with van der Waals surface area (Å²) in [5.74, 6) is -0.111. The lowest BCUT2D eigenvalue weighted by Crippen LogP contribution is -2.66. The van der Waals surface area contributed by atoms with Crippen LogP contribution in [0, 0.1) is 0 Å². The molecule has 1 N–H and O–H groups in total. The molecule has 0 aromatic heterocycles. The first-order valence-electron chi connectivity index (χ1n) is 8.42. The summed E-state index contributed by atoms with van der Waals surface area (Å²) in [5, 5.41) is 7.05.